The number of rotatable bonds is 2. The lowest BCUT2D eigenvalue weighted by Crippen LogP contribution is -2.69. The van der Waals surface area contributed by atoms with Gasteiger partial charge in [0, 0.05) is 6.54 Å². The van der Waals surface area contributed by atoms with E-state index in [1.54, 1.807) is 16.2 Å². The molecule has 3 rings (SSSR count). The lowest BCUT2D eigenvalue weighted by atomic mass is 9.78. The van der Waals surface area contributed by atoms with Crippen molar-refractivity contribution in [3.63, 3.8) is 0 Å². The molecule has 0 bridgehead atoms. The third kappa shape index (κ3) is 2.24. The molecule has 1 aromatic heterocycles. The minimum absolute atomic E-state index is 0.0123. The average molecular weight is 292 g/mol. The molecule has 2 aliphatic rings. The molecule has 108 valence electrons. The predicted molar refractivity (Wildman–Crippen MR) is 78.3 cm³/mol. The van der Waals surface area contributed by atoms with Crippen LogP contribution >= 0.6 is 11.3 Å². The van der Waals surface area contributed by atoms with Crippen molar-refractivity contribution in [1.82, 2.24) is 10.2 Å². The highest BCUT2D eigenvalue weighted by Gasteiger charge is 2.49. The van der Waals surface area contributed by atoms with Gasteiger partial charge in [0.2, 0.25) is 11.8 Å². The molecule has 1 saturated heterocycles. The van der Waals surface area contributed by atoms with Crippen molar-refractivity contribution in [2.24, 2.45) is 0 Å². The summed E-state index contributed by atoms with van der Waals surface area (Å²) in [4.78, 5) is 26.9. The molecule has 1 N–H and O–H groups in total. The Morgan fingerprint density at radius 1 is 1.35 bits per heavy atom. The van der Waals surface area contributed by atoms with E-state index in [1.165, 1.54) is 0 Å². The molecule has 1 aliphatic heterocycles. The van der Waals surface area contributed by atoms with E-state index in [1.807, 2.05) is 23.8 Å². The summed E-state index contributed by atoms with van der Waals surface area (Å²) in [7, 11) is 0. The van der Waals surface area contributed by atoms with Gasteiger partial charge < -0.3 is 10.2 Å². The molecular formula is C15H20N2O2S. The molecule has 1 spiro atoms. The van der Waals surface area contributed by atoms with Crippen LogP contribution in [0.2, 0.25) is 0 Å². The van der Waals surface area contributed by atoms with Gasteiger partial charge in [-0.05, 0) is 42.2 Å². The van der Waals surface area contributed by atoms with E-state index in [0.29, 0.717) is 6.54 Å². The van der Waals surface area contributed by atoms with E-state index >= 15 is 0 Å². The first-order chi connectivity index (χ1) is 9.62. The van der Waals surface area contributed by atoms with Crippen LogP contribution in [-0.2, 0) is 16.1 Å². The molecule has 1 aromatic rings. The van der Waals surface area contributed by atoms with E-state index in [2.05, 4.69) is 5.32 Å². The third-order valence-corrected chi connectivity index (χ3v) is 5.25. The minimum Gasteiger partial charge on any atom is -0.340 e. The van der Waals surface area contributed by atoms with Gasteiger partial charge in [0.1, 0.15) is 11.6 Å². The topological polar surface area (TPSA) is 49.4 Å². The lowest BCUT2D eigenvalue weighted by Gasteiger charge is -2.46. The molecule has 2 amide bonds. The standard InChI is InChI=1S/C15H20N2O2S/c1-11-13(18)16-15(6-3-2-4-7-15)14(19)17(11)9-12-5-8-20-10-12/h5,8,10-11H,2-4,6-7,9H2,1H3,(H,16,18). The van der Waals surface area contributed by atoms with Crippen LogP contribution in [0.3, 0.4) is 0 Å². The van der Waals surface area contributed by atoms with E-state index in [-0.39, 0.29) is 17.9 Å². The Labute approximate surface area is 123 Å². The molecule has 2 fully saturated rings. The second kappa shape index (κ2) is 5.20. The summed E-state index contributed by atoms with van der Waals surface area (Å²) in [6, 6.07) is 1.64. The summed E-state index contributed by atoms with van der Waals surface area (Å²) in [5.74, 6) is 0.0947. The maximum absolute atomic E-state index is 12.9. The zero-order valence-corrected chi connectivity index (χ0v) is 12.5. The van der Waals surface area contributed by atoms with Gasteiger partial charge in [0.25, 0.3) is 0 Å². The second-order valence-corrected chi connectivity index (χ2v) is 6.65. The van der Waals surface area contributed by atoms with E-state index in [0.717, 1.165) is 37.7 Å². The van der Waals surface area contributed by atoms with Crippen molar-refractivity contribution in [1.29, 1.82) is 0 Å². The van der Waals surface area contributed by atoms with Crippen LogP contribution in [0.15, 0.2) is 16.8 Å². The van der Waals surface area contributed by atoms with Crippen molar-refractivity contribution >= 4 is 23.2 Å². The summed E-state index contributed by atoms with van der Waals surface area (Å²) in [5, 5.41) is 7.06. The molecule has 1 unspecified atom stereocenters. The van der Waals surface area contributed by atoms with Crippen LogP contribution in [0.4, 0.5) is 0 Å². The van der Waals surface area contributed by atoms with E-state index in [4.69, 9.17) is 0 Å². The maximum Gasteiger partial charge on any atom is 0.249 e. The first-order valence-corrected chi connectivity index (χ1v) is 8.21. The molecule has 2 heterocycles. The van der Waals surface area contributed by atoms with Gasteiger partial charge in [0.15, 0.2) is 0 Å². The zero-order chi connectivity index (χ0) is 14.2. The second-order valence-electron chi connectivity index (χ2n) is 5.87. The first kappa shape index (κ1) is 13.6. The fourth-order valence-electron chi connectivity index (χ4n) is 3.27. The van der Waals surface area contributed by atoms with Crippen LogP contribution in [0, 0.1) is 0 Å². The molecule has 20 heavy (non-hydrogen) atoms. The number of thiophene rings is 1. The normalized spacial score (nSPS) is 25.9. The number of hydrogen-bond acceptors (Lipinski definition) is 3. The average Bonchev–Trinajstić information content (AvgIpc) is 2.96. The Bertz CT molecular complexity index is 506. The molecule has 4 nitrogen and oxygen atoms in total. The maximum atomic E-state index is 12.9. The quantitative estimate of drug-likeness (QED) is 0.909. The molecule has 1 aliphatic carbocycles. The Morgan fingerprint density at radius 2 is 2.10 bits per heavy atom. The number of hydrogen-bond donors (Lipinski definition) is 1. The van der Waals surface area contributed by atoms with Crippen LogP contribution in [0.5, 0.6) is 0 Å². The van der Waals surface area contributed by atoms with Crippen molar-refractivity contribution in [2.75, 3.05) is 0 Å². The monoisotopic (exact) mass is 292 g/mol. The zero-order valence-electron chi connectivity index (χ0n) is 11.7. The number of nitrogens with zero attached hydrogens (tertiary/aromatic N) is 1. The van der Waals surface area contributed by atoms with Gasteiger partial charge in [-0.2, -0.15) is 11.3 Å². The van der Waals surface area contributed by atoms with Crippen LogP contribution in [-0.4, -0.2) is 28.3 Å². The van der Waals surface area contributed by atoms with Gasteiger partial charge in [-0.15, -0.1) is 0 Å². The smallest absolute Gasteiger partial charge is 0.249 e. The van der Waals surface area contributed by atoms with E-state index in [9.17, 15) is 9.59 Å². The highest BCUT2D eigenvalue weighted by molar-refractivity contribution is 7.07. The number of carbonyl (C=O) groups excluding carboxylic acids is 2. The van der Waals surface area contributed by atoms with Crippen molar-refractivity contribution in [3.8, 4) is 0 Å². The van der Waals surface area contributed by atoms with Gasteiger partial charge in [-0.25, -0.2) is 0 Å². The first-order valence-electron chi connectivity index (χ1n) is 7.27. The van der Waals surface area contributed by atoms with Crippen molar-refractivity contribution < 1.29 is 9.59 Å². The Balaban J connectivity index is 1.86. The minimum atomic E-state index is -0.627. The molecule has 1 saturated carbocycles. The Kier molecular flexibility index (Phi) is 3.54. The number of piperazine rings is 1. The summed E-state index contributed by atoms with van der Waals surface area (Å²) in [6.45, 7) is 2.36. The fraction of sp³-hybridized carbons (Fsp3) is 0.600. The summed E-state index contributed by atoms with van der Waals surface area (Å²) >= 11 is 1.62. The van der Waals surface area contributed by atoms with Crippen LogP contribution in [0.1, 0.15) is 44.6 Å². The van der Waals surface area contributed by atoms with Crippen molar-refractivity contribution in [2.45, 2.75) is 57.2 Å². The highest BCUT2D eigenvalue weighted by Crippen LogP contribution is 2.33. The molecule has 0 radical (unpaired) electrons. The number of nitrogens with one attached hydrogen (secondary N) is 1. The molecule has 1 atom stereocenters. The van der Waals surface area contributed by atoms with Gasteiger partial charge >= 0.3 is 0 Å². The number of carbonyl (C=O) groups is 2. The molecule has 0 aromatic carbocycles. The van der Waals surface area contributed by atoms with Crippen LogP contribution < -0.4 is 5.32 Å². The van der Waals surface area contributed by atoms with Crippen molar-refractivity contribution in [3.05, 3.63) is 22.4 Å². The number of amides is 2. The Morgan fingerprint density at radius 3 is 2.75 bits per heavy atom. The molecule has 5 heteroatoms. The fourth-order valence-corrected chi connectivity index (χ4v) is 3.93. The third-order valence-electron chi connectivity index (χ3n) is 4.52. The largest absolute Gasteiger partial charge is 0.340 e. The highest BCUT2D eigenvalue weighted by atomic mass is 32.1. The van der Waals surface area contributed by atoms with Gasteiger partial charge in [0.05, 0.1) is 0 Å². The predicted octanol–water partition coefficient (Wildman–Crippen LogP) is 2.30. The lowest BCUT2D eigenvalue weighted by molar-refractivity contribution is -0.156. The van der Waals surface area contributed by atoms with Crippen LogP contribution in [0.25, 0.3) is 0 Å². The molecular weight excluding hydrogens is 272 g/mol. The van der Waals surface area contributed by atoms with Gasteiger partial charge in [-0.3, -0.25) is 9.59 Å². The summed E-state index contributed by atoms with van der Waals surface area (Å²) in [6.07, 6.45) is 4.76. The summed E-state index contributed by atoms with van der Waals surface area (Å²) < 4.78 is 0. The Hall–Kier alpha value is -1.36. The summed E-state index contributed by atoms with van der Waals surface area (Å²) in [5.41, 5.74) is 0.480. The van der Waals surface area contributed by atoms with E-state index < -0.39 is 5.54 Å². The van der Waals surface area contributed by atoms with Gasteiger partial charge in [-0.1, -0.05) is 19.3 Å². The SMILES string of the molecule is CC1C(=O)NC2(CCCCC2)C(=O)N1Cc1ccsc1.